The molecule has 4 rings (SSSR count). The van der Waals surface area contributed by atoms with Crippen molar-refractivity contribution in [3.05, 3.63) is 59.5 Å². The Hall–Kier alpha value is -3.24. The monoisotopic (exact) mass is 485 g/mol. The Morgan fingerprint density at radius 1 is 1.06 bits per heavy atom. The lowest BCUT2D eigenvalue weighted by Gasteiger charge is -2.21. The van der Waals surface area contributed by atoms with Crippen molar-refractivity contribution in [1.82, 2.24) is 14.4 Å². The van der Waals surface area contributed by atoms with E-state index in [1.165, 1.54) is 29.6 Å². The highest BCUT2D eigenvalue weighted by molar-refractivity contribution is 7.89. The molecule has 180 valence electrons. The number of ether oxygens (including phenoxy) is 2. The highest BCUT2D eigenvalue weighted by Crippen LogP contribution is 2.30. The first-order chi connectivity index (χ1) is 16.4. The average molecular weight is 486 g/mol. The van der Waals surface area contributed by atoms with E-state index < -0.39 is 16.0 Å². The van der Waals surface area contributed by atoms with Crippen molar-refractivity contribution in [2.24, 2.45) is 0 Å². The third-order valence-electron chi connectivity index (χ3n) is 5.69. The fourth-order valence-electron chi connectivity index (χ4n) is 3.77. The molecule has 0 N–H and O–H groups in total. The number of methoxy groups -OCH3 is 1. The topological polar surface area (TPSA) is 112 Å². The summed E-state index contributed by atoms with van der Waals surface area (Å²) in [7, 11) is -2.42. The number of hydrogen-bond acceptors (Lipinski definition) is 8. The van der Waals surface area contributed by atoms with Gasteiger partial charge in [0.1, 0.15) is 10.6 Å². The van der Waals surface area contributed by atoms with Crippen molar-refractivity contribution in [1.29, 1.82) is 0 Å². The van der Waals surface area contributed by atoms with Crippen LogP contribution in [-0.2, 0) is 21.4 Å². The van der Waals surface area contributed by atoms with Crippen LogP contribution in [0.15, 0.2) is 51.9 Å². The number of carbonyl (C=O) groups excluding carboxylic acids is 1. The van der Waals surface area contributed by atoms with Crippen LogP contribution in [-0.4, -0.2) is 49.0 Å². The normalized spacial score (nSPS) is 15.0. The molecule has 1 aliphatic heterocycles. The van der Waals surface area contributed by atoms with E-state index in [4.69, 9.17) is 14.0 Å². The summed E-state index contributed by atoms with van der Waals surface area (Å²) in [6.45, 7) is 2.63. The molecule has 0 bridgehead atoms. The predicted octanol–water partition coefficient (Wildman–Crippen LogP) is 3.98. The molecule has 0 spiro atoms. The molecule has 1 aliphatic rings. The van der Waals surface area contributed by atoms with E-state index in [2.05, 4.69) is 10.1 Å². The highest BCUT2D eigenvalue weighted by Gasteiger charge is 2.29. The SMILES string of the molecule is COc1ccc(C(=O)OCc2nc(-c3ccc(C)cc3)no2)cc1S(=O)(=O)N1CCCCCC1. The Labute approximate surface area is 198 Å². The van der Waals surface area contributed by atoms with Crippen LogP contribution in [0.1, 0.15) is 47.5 Å². The molecule has 10 heteroatoms. The van der Waals surface area contributed by atoms with Gasteiger partial charge in [0.2, 0.25) is 15.8 Å². The van der Waals surface area contributed by atoms with Crippen molar-refractivity contribution >= 4 is 16.0 Å². The fourth-order valence-corrected chi connectivity index (χ4v) is 5.47. The van der Waals surface area contributed by atoms with Gasteiger partial charge < -0.3 is 14.0 Å². The van der Waals surface area contributed by atoms with Crippen molar-refractivity contribution in [3.63, 3.8) is 0 Å². The van der Waals surface area contributed by atoms with Gasteiger partial charge in [0.25, 0.3) is 5.89 Å². The zero-order valence-electron chi connectivity index (χ0n) is 19.2. The number of rotatable bonds is 7. The molecular weight excluding hydrogens is 458 g/mol. The van der Waals surface area contributed by atoms with Crippen LogP contribution in [0.5, 0.6) is 5.75 Å². The molecule has 1 fully saturated rings. The van der Waals surface area contributed by atoms with Crippen molar-refractivity contribution < 1.29 is 27.2 Å². The summed E-state index contributed by atoms with van der Waals surface area (Å²) in [4.78, 5) is 16.9. The van der Waals surface area contributed by atoms with E-state index in [9.17, 15) is 13.2 Å². The molecule has 2 aromatic carbocycles. The zero-order chi connectivity index (χ0) is 24.1. The van der Waals surface area contributed by atoms with Gasteiger partial charge in [0, 0.05) is 18.7 Å². The maximum absolute atomic E-state index is 13.3. The lowest BCUT2D eigenvalue weighted by molar-refractivity contribution is 0.0429. The van der Waals surface area contributed by atoms with Crippen LogP contribution in [0.4, 0.5) is 0 Å². The minimum atomic E-state index is -3.82. The third kappa shape index (κ3) is 5.28. The smallest absolute Gasteiger partial charge is 0.338 e. The van der Waals surface area contributed by atoms with E-state index in [0.29, 0.717) is 18.9 Å². The van der Waals surface area contributed by atoms with Crippen LogP contribution in [0, 0.1) is 6.92 Å². The second kappa shape index (κ2) is 10.4. The van der Waals surface area contributed by atoms with E-state index in [-0.39, 0.29) is 28.7 Å². The zero-order valence-corrected chi connectivity index (χ0v) is 20.0. The number of carbonyl (C=O) groups is 1. The van der Waals surface area contributed by atoms with Gasteiger partial charge >= 0.3 is 5.97 Å². The van der Waals surface area contributed by atoms with Gasteiger partial charge in [-0.25, -0.2) is 13.2 Å². The van der Waals surface area contributed by atoms with Crippen molar-refractivity contribution in [2.75, 3.05) is 20.2 Å². The van der Waals surface area contributed by atoms with Gasteiger partial charge in [-0.2, -0.15) is 9.29 Å². The summed E-state index contributed by atoms with van der Waals surface area (Å²) >= 11 is 0. The molecule has 2 heterocycles. The standard InChI is InChI=1S/C24H27N3O6S/c1-17-7-9-18(10-8-17)23-25-22(33-26-23)16-32-24(28)19-11-12-20(31-2)21(15-19)34(29,30)27-13-5-3-4-6-14-27/h7-12,15H,3-6,13-14,16H2,1-2H3. The van der Waals surface area contributed by atoms with Gasteiger partial charge in [0.15, 0.2) is 6.61 Å². The molecule has 0 amide bonds. The molecular formula is C24H27N3O6S. The van der Waals surface area contributed by atoms with Crippen LogP contribution in [0.3, 0.4) is 0 Å². The highest BCUT2D eigenvalue weighted by atomic mass is 32.2. The van der Waals surface area contributed by atoms with E-state index >= 15 is 0 Å². The molecule has 34 heavy (non-hydrogen) atoms. The number of aryl methyl sites for hydroxylation is 1. The van der Waals surface area contributed by atoms with Gasteiger partial charge in [-0.1, -0.05) is 47.8 Å². The number of hydrogen-bond donors (Lipinski definition) is 0. The van der Waals surface area contributed by atoms with Crippen molar-refractivity contribution in [2.45, 2.75) is 44.1 Å². The minimum absolute atomic E-state index is 0.0502. The lowest BCUT2D eigenvalue weighted by atomic mass is 10.1. The summed E-state index contributed by atoms with van der Waals surface area (Å²) in [6.07, 6.45) is 3.60. The first-order valence-corrected chi connectivity index (χ1v) is 12.6. The number of aromatic nitrogens is 2. The van der Waals surface area contributed by atoms with Gasteiger partial charge in [-0.15, -0.1) is 0 Å². The first-order valence-electron chi connectivity index (χ1n) is 11.1. The summed E-state index contributed by atoms with van der Waals surface area (Å²) in [5.74, 6) is 0.00154. The number of nitrogens with zero attached hydrogens (tertiary/aromatic N) is 3. The predicted molar refractivity (Wildman–Crippen MR) is 124 cm³/mol. The second-order valence-corrected chi connectivity index (χ2v) is 10.0. The lowest BCUT2D eigenvalue weighted by Crippen LogP contribution is -2.32. The molecule has 0 aliphatic carbocycles. The maximum Gasteiger partial charge on any atom is 0.338 e. The van der Waals surface area contributed by atoms with Crippen LogP contribution in [0.25, 0.3) is 11.4 Å². The van der Waals surface area contributed by atoms with Crippen LogP contribution in [0.2, 0.25) is 0 Å². The fraction of sp³-hybridized carbons (Fsp3) is 0.375. The average Bonchev–Trinajstić information content (AvgIpc) is 3.14. The number of benzene rings is 2. The molecule has 0 unspecified atom stereocenters. The van der Waals surface area contributed by atoms with Gasteiger partial charge in [-0.3, -0.25) is 0 Å². The summed E-state index contributed by atoms with van der Waals surface area (Å²) in [6, 6.07) is 11.8. The van der Waals surface area contributed by atoms with Gasteiger partial charge in [-0.05, 0) is 38.0 Å². The van der Waals surface area contributed by atoms with Crippen molar-refractivity contribution in [3.8, 4) is 17.1 Å². The largest absolute Gasteiger partial charge is 0.495 e. The summed E-state index contributed by atoms with van der Waals surface area (Å²) in [5.41, 5.74) is 1.98. The molecule has 1 saturated heterocycles. The van der Waals surface area contributed by atoms with Gasteiger partial charge in [0.05, 0.1) is 12.7 Å². The third-order valence-corrected chi connectivity index (χ3v) is 7.61. The molecule has 1 aromatic heterocycles. The molecule has 9 nitrogen and oxygen atoms in total. The molecule has 0 saturated carbocycles. The Bertz CT molecular complexity index is 1250. The Balaban J connectivity index is 1.49. The van der Waals surface area contributed by atoms with Crippen LogP contribution >= 0.6 is 0 Å². The number of esters is 1. The van der Waals surface area contributed by atoms with E-state index in [0.717, 1.165) is 36.8 Å². The number of sulfonamides is 1. The molecule has 0 atom stereocenters. The summed E-state index contributed by atoms with van der Waals surface area (Å²) in [5, 5.41) is 3.92. The Morgan fingerprint density at radius 3 is 2.44 bits per heavy atom. The minimum Gasteiger partial charge on any atom is -0.495 e. The second-order valence-electron chi connectivity index (χ2n) is 8.14. The van der Waals surface area contributed by atoms with E-state index in [1.54, 1.807) is 0 Å². The van der Waals surface area contributed by atoms with Crippen LogP contribution < -0.4 is 4.74 Å². The Morgan fingerprint density at radius 2 is 1.76 bits per heavy atom. The maximum atomic E-state index is 13.3. The first kappa shape index (κ1) is 23.9. The Kier molecular flexibility index (Phi) is 7.28. The van der Waals surface area contributed by atoms with E-state index in [1.807, 2.05) is 31.2 Å². The molecule has 3 aromatic rings. The quantitative estimate of drug-likeness (QED) is 0.462. The summed E-state index contributed by atoms with van der Waals surface area (Å²) < 4.78 is 43.8. The molecule has 0 radical (unpaired) electrons.